The Labute approximate surface area is 222 Å². The Bertz CT molecular complexity index is 1380. The van der Waals surface area contributed by atoms with Crippen molar-refractivity contribution in [2.45, 2.75) is 0 Å². The van der Waals surface area contributed by atoms with Gasteiger partial charge in [-0.25, -0.2) is 9.40 Å². The van der Waals surface area contributed by atoms with E-state index in [9.17, 15) is 18.8 Å². The van der Waals surface area contributed by atoms with Crippen LogP contribution in [0.1, 0.15) is 5.56 Å². The fourth-order valence-electron chi connectivity index (χ4n) is 3.35. The predicted molar refractivity (Wildman–Crippen MR) is 139 cm³/mol. The van der Waals surface area contributed by atoms with Gasteiger partial charge in [-0.05, 0) is 73.8 Å². The number of benzene rings is 3. The molecule has 0 aliphatic carbocycles. The predicted octanol–water partition coefficient (Wildman–Crippen LogP) is 4.84. The molecule has 11 heteroatoms. The van der Waals surface area contributed by atoms with Crippen LogP contribution in [0.15, 0.2) is 75.2 Å². The molecule has 3 aromatic rings. The van der Waals surface area contributed by atoms with Crippen molar-refractivity contribution < 1.29 is 28.2 Å². The van der Waals surface area contributed by atoms with E-state index in [4.69, 9.17) is 9.47 Å². The Kier molecular flexibility index (Phi) is 7.70. The number of anilines is 2. The molecule has 36 heavy (non-hydrogen) atoms. The summed E-state index contributed by atoms with van der Waals surface area (Å²) in [6, 6.07) is 16.0. The lowest BCUT2D eigenvalue weighted by Crippen LogP contribution is -2.35. The molecule has 0 bridgehead atoms. The van der Waals surface area contributed by atoms with Crippen LogP contribution in [-0.4, -0.2) is 31.4 Å². The molecule has 1 aliphatic heterocycles. The highest BCUT2D eigenvalue weighted by Gasteiger charge is 2.34. The van der Waals surface area contributed by atoms with Crippen LogP contribution in [0, 0.1) is 5.82 Å². The summed E-state index contributed by atoms with van der Waals surface area (Å²) in [6.45, 7) is -0.427. The minimum absolute atomic E-state index is 0.0318. The monoisotopic (exact) mass is 617 g/mol. The molecule has 3 amide bonds. The SMILES string of the molecule is COc1cc(/C=C2/C(=O)NN(c3ccccc3)C2=O)c(Br)c(Br)c1OCC(=O)Nc1ccccc1F. The fourth-order valence-corrected chi connectivity index (χ4v) is 4.30. The largest absolute Gasteiger partial charge is 0.493 e. The van der Waals surface area contributed by atoms with Gasteiger partial charge in [0.2, 0.25) is 0 Å². The number of halogens is 3. The maximum Gasteiger partial charge on any atom is 0.282 e. The first-order valence-corrected chi connectivity index (χ1v) is 12.0. The zero-order chi connectivity index (χ0) is 25.8. The first-order chi connectivity index (χ1) is 17.3. The Morgan fingerprint density at radius 2 is 1.78 bits per heavy atom. The number of para-hydroxylation sites is 2. The highest BCUT2D eigenvalue weighted by atomic mass is 79.9. The summed E-state index contributed by atoms with van der Waals surface area (Å²) in [5.41, 5.74) is 3.47. The Hall–Kier alpha value is -3.70. The lowest BCUT2D eigenvalue weighted by Gasteiger charge is -2.16. The maximum atomic E-state index is 13.8. The topological polar surface area (TPSA) is 97.0 Å². The molecule has 1 saturated heterocycles. The van der Waals surface area contributed by atoms with Crippen molar-refractivity contribution in [3.63, 3.8) is 0 Å². The van der Waals surface area contributed by atoms with E-state index in [-0.39, 0.29) is 22.8 Å². The van der Waals surface area contributed by atoms with Gasteiger partial charge in [0.1, 0.15) is 11.4 Å². The van der Waals surface area contributed by atoms with Crippen molar-refractivity contribution in [2.75, 3.05) is 24.0 Å². The van der Waals surface area contributed by atoms with Gasteiger partial charge in [0.05, 0.1) is 23.0 Å². The van der Waals surface area contributed by atoms with Gasteiger partial charge < -0.3 is 14.8 Å². The number of hydrogen-bond acceptors (Lipinski definition) is 5. The average molecular weight is 619 g/mol. The highest BCUT2D eigenvalue weighted by Crippen LogP contribution is 2.43. The lowest BCUT2D eigenvalue weighted by atomic mass is 10.1. The summed E-state index contributed by atoms with van der Waals surface area (Å²) in [5, 5.41) is 3.60. The van der Waals surface area contributed by atoms with E-state index in [0.717, 1.165) is 0 Å². The fraction of sp³-hybridized carbons (Fsp3) is 0.0800. The van der Waals surface area contributed by atoms with Crippen molar-refractivity contribution in [3.05, 3.63) is 86.6 Å². The van der Waals surface area contributed by atoms with Crippen LogP contribution in [0.2, 0.25) is 0 Å². The zero-order valence-electron chi connectivity index (χ0n) is 18.7. The minimum atomic E-state index is -0.578. The van der Waals surface area contributed by atoms with E-state index in [0.29, 0.717) is 20.2 Å². The van der Waals surface area contributed by atoms with Gasteiger partial charge in [-0.3, -0.25) is 19.8 Å². The van der Waals surface area contributed by atoms with E-state index in [2.05, 4.69) is 42.6 Å². The molecule has 8 nitrogen and oxygen atoms in total. The van der Waals surface area contributed by atoms with Crippen molar-refractivity contribution in [3.8, 4) is 11.5 Å². The van der Waals surface area contributed by atoms with Crippen molar-refractivity contribution >= 4 is 67.0 Å². The van der Waals surface area contributed by atoms with Gasteiger partial charge in [-0.1, -0.05) is 30.3 Å². The molecule has 0 saturated carbocycles. The zero-order valence-corrected chi connectivity index (χ0v) is 21.9. The number of ether oxygens (including phenoxy) is 2. The molecule has 1 heterocycles. The highest BCUT2D eigenvalue weighted by molar-refractivity contribution is 9.13. The molecular formula is C25H18Br2FN3O5. The molecule has 2 N–H and O–H groups in total. The third-order valence-electron chi connectivity index (χ3n) is 5.08. The summed E-state index contributed by atoms with van der Waals surface area (Å²) in [4.78, 5) is 37.7. The second-order valence-corrected chi connectivity index (χ2v) is 9.00. The quantitative estimate of drug-likeness (QED) is 0.292. The van der Waals surface area contributed by atoms with E-state index < -0.39 is 30.1 Å². The Balaban J connectivity index is 1.56. The van der Waals surface area contributed by atoms with Gasteiger partial charge in [0.25, 0.3) is 17.7 Å². The first-order valence-electron chi connectivity index (χ1n) is 10.5. The molecule has 1 fully saturated rings. The summed E-state index contributed by atoms with van der Waals surface area (Å²) in [5.74, 6) is -1.79. The second kappa shape index (κ2) is 10.9. The van der Waals surface area contributed by atoms with Gasteiger partial charge in [0.15, 0.2) is 18.1 Å². The lowest BCUT2D eigenvalue weighted by molar-refractivity contribution is -0.118. The summed E-state index contributed by atoms with van der Waals surface area (Å²) in [7, 11) is 1.41. The van der Waals surface area contributed by atoms with Crippen LogP contribution in [0.3, 0.4) is 0 Å². The molecular weight excluding hydrogens is 601 g/mol. The molecule has 1 aliphatic rings. The van der Waals surface area contributed by atoms with E-state index in [1.807, 2.05) is 0 Å². The second-order valence-electron chi connectivity index (χ2n) is 7.42. The number of carbonyl (C=O) groups excluding carboxylic acids is 3. The minimum Gasteiger partial charge on any atom is -0.493 e. The van der Waals surface area contributed by atoms with Gasteiger partial charge in [-0.15, -0.1) is 0 Å². The number of methoxy groups -OCH3 is 1. The number of hydrazine groups is 1. The number of carbonyl (C=O) groups is 3. The maximum absolute atomic E-state index is 13.8. The van der Waals surface area contributed by atoms with Crippen molar-refractivity contribution in [1.82, 2.24) is 5.43 Å². The molecule has 3 aromatic carbocycles. The van der Waals surface area contributed by atoms with Crippen molar-refractivity contribution in [2.24, 2.45) is 0 Å². The normalized spacial score (nSPS) is 14.1. The number of rotatable bonds is 7. The van der Waals surface area contributed by atoms with Crippen LogP contribution < -0.4 is 25.2 Å². The van der Waals surface area contributed by atoms with Crippen LogP contribution in [0.5, 0.6) is 11.5 Å². The van der Waals surface area contributed by atoms with Gasteiger partial charge >= 0.3 is 0 Å². The molecule has 0 spiro atoms. The van der Waals surface area contributed by atoms with Gasteiger partial charge in [-0.2, -0.15) is 0 Å². The number of nitrogens with one attached hydrogen (secondary N) is 2. The van der Waals surface area contributed by atoms with E-state index in [1.54, 1.807) is 42.5 Å². The van der Waals surface area contributed by atoms with Crippen LogP contribution in [0.25, 0.3) is 6.08 Å². The Morgan fingerprint density at radius 1 is 1.08 bits per heavy atom. The molecule has 0 radical (unpaired) electrons. The van der Waals surface area contributed by atoms with Crippen LogP contribution in [-0.2, 0) is 14.4 Å². The van der Waals surface area contributed by atoms with E-state index >= 15 is 0 Å². The van der Waals surface area contributed by atoms with Crippen molar-refractivity contribution in [1.29, 1.82) is 0 Å². The summed E-state index contributed by atoms with van der Waals surface area (Å²) >= 11 is 6.85. The summed E-state index contributed by atoms with van der Waals surface area (Å²) in [6.07, 6.45) is 1.42. The Morgan fingerprint density at radius 3 is 2.47 bits per heavy atom. The summed E-state index contributed by atoms with van der Waals surface area (Å²) < 4.78 is 25.7. The molecule has 0 unspecified atom stereocenters. The third kappa shape index (κ3) is 5.26. The molecule has 0 aromatic heterocycles. The molecule has 4 rings (SSSR count). The molecule has 184 valence electrons. The van der Waals surface area contributed by atoms with Gasteiger partial charge in [0, 0.05) is 4.47 Å². The van der Waals surface area contributed by atoms with Crippen LogP contribution >= 0.6 is 31.9 Å². The molecule has 0 atom stereocenters. The third-order valence-corrected chi connectivity index (χ3v) is 7.22. The number of nitrogens with zero attached hydrogens (tertiary/aromatic N) is 1. The van der Waals surface area contributed by atoms with Crippen LogP contribution in [0.4, 0.5) is 15.8 Å². The number of hydrogen-bond donors (Lipinski definition) is 2. The van der Waals surface area contributed by atoms with E-state index in [1.165, 1.54) is 36.4 Å². The first kappa shape index (κ1) is 25.4. The standard InChI is InChI=1S/C25H18Br2FN3O5/c1-35-19-12-14(11-16-24(33)30-31(25(16)34)15-7-3-2-4-8-15)21(26)22(27)23(19)36-13-20(32)29-18-10-6-5-9-17(18)28/h2-12H,13H2,1H3,(H,29,32)(H,30,33)/b16-11-. The number of amides is 3. The smallest absolute Gasteiger partial charge is 0.282 e. The average Bonchev–Trinajstić information content (AvgIpc) is 3.16.